The molecule has 1 aliphatic carbocycles. The minimum Gasteiger partial charge on any atom is -0.309 e. The van der Waals surface area contributed by atoms with E-state index in [0.29, 0.717) is 13.1 Å². The molecule has 1 saturated carbocycles. The minimum absolute atomic E-state index is 0.0283. The summed E-state index contributed by atoms with van der Waals surface area (Å²) < 4.78 is 0. The molecule has 4 nitrogen and oxygen atoms in total. The summed E-state index contributed by atoms with van der Waals surface area (Å²) in [5, 5.41) is 0. The zero-order valence-corrected chi connectivity index (χ0v) is 13.3. The number of rotatable bonds is 2. The summed E-state index contributed by atoms with van der Waals surface area (Å²) in [6, 6.07) is 17.7. The van der Waals surface area contributed by atoms with Crippen LogP contribution in [0.2, 0.25) is 0 Å². The molecule has 2 aliphatic heterocycles. The van der Waals surface area contributed by atoms with E-state index in [9.17, 15) is 9.59 Å². The molecule has 1 saturated heterocycles. The number of hydrogen-bond donors (Lipinski definition) is 0. The van der Waals surface area contributed by atoms with Crippen molar-refractivity contribution in [3.63, 3.8) is 0 Å². The fourth-order valence-electron chi connectivity index (χ4n) is 4.29. The van der Waals surface area contributed by atoms with Crippen LogP contribution in [0.1, 0.15) is 34.3 Å². The molecule has 3 aliphatic rings. The first-order chi connectivity index (χ1) is 11.7. The van der Waals surface area contributed by atoms with Gasteiger partial charge >= 0.3 is 0 Å². The van der Waals surface area contributed by atoms with Crippen molar-refractivity contribution < 1.29 is 9.59 Å². The Balaban J connectivity index is 1.79. The van der Waals surface area contributed by atoms with Crippen molar-refractivity contribution in [1.82, 2.24) is 9.80 Å². The molecule has 24 heavy (non-hydrogen) atoms. The van der Waals surface area contributed by atoms with Gasteiger partial charge in [0.25, 0.3) is 5.91 Å². The Bertz CT molecular complexity index is 844. The van der Waals surface area contributed by atoms with Gasteiger partial charge in [-0.1, -0.05) is 48.5 Å². The van der Waals surface area contributed by atoms with Crippen molar-refractivity contribution in [3.05, 3.63) is 71.3 Å². The van der Waals surface area contributed by atoms with Gasteiger partial charge in [-0.25, -0.2) is 0 Å². The fraction of sp³-hybridized carbons (Fsp3) is 0.300. The van der Waals surface area contributed by atoms with Gasteiger partial charge in [0.2, 0.25) is 5.91 Å². The standard InChI is InChI=1S/C20H18N2O2/c23-18(14-10-11-14)21-12-13-22-19(24)16-8-4-5-9-17(16)20(21,22)15-6-2-1-3-7-15/h1-9,14H,10-13H2/t20-/m0/s1. The molecule has 0 aromatic heterocycles. The molecule has 0 radical (unpaired) electrons. The van der Waals surface area contributed by atoms with Gasteiger partial charge in [0.1, 0.15) is 0 Å². The van der Waals surface area contributed by atoms with E-state index in [1.807, 2.05) is 64.4 Å². The molecule has 2 amide bonds. The highest BCUT2D eigenvalue weighted by atomic mass is 16.2. The van der Waals surface area contributed by atoms with Crippen LogP contribution in [-0.2, 0) is 10.5 Å². The Morgan fingerprint density at radius 3 is 2.42 bits per heavy atom. The summed E-state index contributed by atoms with van der Waals surface area (Å²) in [5.74, 6) is 0.347. The normalized spacial score (nSPS) is 24.9. The lowest BCUT2D eigenvalue weighted by Crippen LogP contribution is -2.52. The number of fused-ring (bicyclic) bond motifs is 3. The monoisotopic (exact) mass is 318 g/mol. The highest BCUT2D eigenvalue weighted by molar-refractivity contribution is 6.02. The summed E-state index contributed by atoms with van der Waals surface area (Å²) in [6.07, 6.45) is 1.94. The third kappa shape index (κ3) is 1.58. The first kappa shape index (κ1) is 13.8. The molecule has 0 bridgehead atoms. The lowest BCUT2D eigenvalue weighted by Gasteiger charge is -2.40. The van der Waals surface area contributed by atoms with E-state index in [1.165, 1.54) is 0 Å². The Labute approximate surface area is 140 Å². The number of carbonyl (C=O) groups is 2. The maximum Gasteiger partial charge on any atom is 0.256 e. The highest BCUT2D eigenvalue weighted by Gasteiger charge is 2.60. The molecule has 2 fully saturated rings. The molecular weight excluding hydrogens is 300 g/mol. The van der Waals surface area contributed by atoms with Crippen LogP contribution in [0.25, 0.3) is 0 Å². The third-order valence-electron chi connectivity index (χ3n) is 5.48. The van der Waals surface area contributed by atoms with Gasteiger partial charge in [-0.2, -0.15) is 0 Å². The Morgan fingerprint density at radius 2 is 1.67 bits per heavy atom. The quantitative estimate of drug-likeness (QED) is 0.854. The van der Waals surface area contributed by atoms with E-state index in [1.54, 1.807) is 0 Å². The van der Waals surface area contributed by atoms with E-state index in [0.717, 1.165) is 29.5 Å². The molecule has 120 valence electrons. The largest absolute Gasteiger partial charge is 0.309 e. The summed E-state index contributed by atoms with van der Waals surface area (Å²) in [4.78, 5) is 29.9. The molecule has 5 rings (SSSR count). The molecule has 4 heteroatoms. The first-order valence-electron chi connectivity index (χ1n) is 8.53. The first-order valence-corrected chi connectivity index (χ1v) is 8.53. The Kier molecular flexibility index (Phi) is 2.70. The van der Waals surface area contributed by atoms with Crippen molar-refractivity contribution in [2.75, 3.05) is 13.1 Å². The van der Waals surface area contributed by atoms with Gasteiger partial charge in [-0.05, 0) is 18.9 Å². The summed E-state index contributed by atoms with van der Waals surface area (Å²) in [6.45, 7) is 1.19. The zero-order valence-electron chi connectivity index (χ0n) is 13.3. The van der Waals surface area contributed by atoms with Crippen molar-refractivity contribution in [2.24, 2.45) is 5.92 Å². The highest BCUT2D eigenvalue weighted by Crippen LogP contribution is 2.51. The van der Waals surface area contributed by atoms with E-state index in [4.69, 9.17) is 0 Å². The fourth-order valence-corrected chi connectivity index (χ4v) is 4.29. The maximum atomic E-state index is 13.0. The topological polar surface area (TPSA) is 40.6 Å². The van der Waals surface area contributed by atoms with Crippen LogP contribution in [-0.4, -0.2) is 34.7 Å². The van der Waals surface area contributed by atoms with Crippen LogP contribution in [0.5, 0.6) is 0 Å². The van der Waals surface area contributed by atoms with Gasteiger partial charge in [-0.15, -0.1) is 0 Å². The van der Waals surface area contributed by atoms with Gasteiger partial charge in [0, 0.05) is 35.7 Å². The second-order valence-electron chi connectivity index (χ2n) is 6.80. The molecular formula is C20H18N2O2. The van der Waals surface area contributed by atoms with Gasteiger partial charge in [0.15, 0.2) is 5.66 Å². The van der Waals surface area contributed by atoms with Crippen LogP contribution >= 0.6 is 0 Å². The Hall–Kier alpha value is -2.62. The summed E-state index contributed by atoms with van der Waals surface area (Å²) >= 11 is 0. The predicted octanol–water partition coefficient (Wildman–Crippen LogP) is 2.60. The predicted molar refractivity (Wildman–Crippen MR) is 89.1 cm³/mol. The van der Waals surface area contributed by atoms with E-state index >= 15 is 0 Å². The molecule has 0 spiro atoms. The average molecular weight is 318 g/mol. The lowest BCUT2D eigenvalue weighted by molar-refractivity contribution is -0.137. The smallest absolute Gasteiger partial charge is 0.256 e. The second kappa shape index (κ2) is 4.69. The lowest BCUT2D eigenvalue weighted by atomic mass is 9.89. The minimum atomic E-state index is -0.769. The van der Waals surface area contributed by atoms with Crippen molar-refractivity contribution in [1.29, 1.82) is 0 Å². The van der Waals surface area contributed by atoms with E-state index in [2.05, 4.69) is 0 Å². The number of hydrogen-bond acceptors (Lipinski definition) is 2. The number of amides is 2. The van der Waals surface area contributed by atoms with Gasteiger partial charge in [-0.3, -0.25) is 9.59 Å². The molecule has 0 unspecified atom stereocenters. The number of benzene rings is 2. The van der Waals surface area contributed by atoms with Crippen LogP contribution in [0.4, 0.5) is 0 Å². The SMILES string of the molecule is O=C1c2ccccc2[C@]2(c3ccccc3)N1CCN2C(=O)C1CC1. The van der Waals surface area contributed by atoms with Gasteiger partial charge < -0.3 is 9.80 Å². The van der Waals surface area contributed by atoms with E-state index < -0.39 is 5.66 Å². The van der Waals surface area contributed by atoms with Crippen molar-refractivity contribution in [2.45, 2.75) is 18.5 Å². The number of nitrogens with zero attached hydrogens (tertiary/aromatic N) is 2. The van der Waals surface area contributed by atoms with Crippen molar-refractivity contribution >= 4 is 11.8 Å². The zero-order chi connectivity index (χ0) is 16.3. The molecule has 2 aromatic carbocycles. The van der Waals surface area contributed by atoms with Crippen molar-refractivity contribution in [3.8, 4) is 0 Å². The third-order valence-corrected chi connectivity index (χ3v) is 5.48. The van der Waals surface area contributed by atoms with Crippen LogP contribution in [0.3, 0.4) is 0 Å². The van der Waals surface area contributed by atoms with Crippen LogP contribution < -0.4 is 0 Å². The second-order valence-corrected chi connectivity index (χ2v) is 6.80. The molecule has 2 aromatic rings. The molecule has 1 atom stereocenters. The van der Waals surface area contributed by atoms with Crippen LogP contribution in [0, 0.1) is 5.92 Å². The number of carbonyl (C=O) groups excluding carboxylic acids is 2. The van der Waals surface area contributed by atoms with Gasteiger partial charge in [0.05, 0.1) is 0 Å². The summed E-state index contributed by atoms with van der Waals surface area (Å²) in [7, 11) is 0. The molecule has 0 N–H and O–H groups in total. The summed E-state index contributed by atoms with van der Waals surface area (Å²) in [5.41, 5.74) is 1.88. The van der Waals surface area contributed by atoms with E-state index in [-0.39, 0.29) is 17.7 Å². The van der Waals surface area contributed by atoms with Crippen LogP contribution in [0.15, 0.2) is 54.6 Å². The Morgan fingerprint density at radius 1 is 0.958 bits per heavy atom. The maximum absolute atomic E-state index is 13.0. The average Bonchev–Trinajstić information content (AvgIpc) is 3.36. The molecule has 2 heterocycles.